The minimum atomic E-state index is 0.130. The summed E-state index contributed by atoms with van der Waals surface area (Å²) in [5.74, 6) is 0.130. The Hall–Kier alpha value is -0.840. The van der Waals surface area contributed by atoms with Crippen molar-refractivity contribution in [2.24, 2.45) is 0 Å². The maximum atomic E-state index is 12.0. The van der Waals surface area contributed by atoms with Crippen LogP contribution in [0.1, 0.15) is 39.0 Å². The number of thiocarbonyl (C=S) groups is 1. The molecule has 4 heteroatoms. The zero-order valence-corrected chi connectivity index (χ0v) is 12.3. The lowest BCUT2D eigenvalue weighted by Crippen LogP contribution is -2.32. The van der Waals surface area contributed by atoms with E-state index in [2.05, 4.69) is 12.2 Å². The summed E-state index contributed by atoms with van der Waals surface area (Å²) in [5, 5.41) is 12.3. The Balaban J connectivity index is 2.33. The fourth-order valence-corrected chi connectivity index (χ4v) is 2.37. The molecule has 0 bridgehead atoms. The number of Topliss-reactive ketones (excluding diaryl/α,β-unsaturated/α-hetero) is 1. The quantitative estimate of drug-likeness (QED) is 0.637. The molecule has 0 heterocycles. The third-order valence-corrected chi connectivity index (χ3v) is 3.44. The smallest absolute Gasteiger partial charge is 0.164 e. The number of carbonyl (C=O) groups is 1. The predicted molar refractivity (Wildman–Crippen MR) is 82.5 cm³/mol. The van der Waals surface area contributed by atoms with E-state index >= 15 is 0 Å². The molecule has 0 aromatic carbocycles. The highest BCUT2D eigenvalue weighted by atomic mass is 32.1. The molecule has 0 aromatic heterocycles. The number of aliphatic hydroxyl groups is 1. The average molecular weight is 281 g/mol. The van der Waals surface area contributed by atoms with Crippen molar-refractivity contribution in [1.29, 1.82) is 0 Å². The third-order valence-electron chi connectivity index (χ3n) is 3.15. The van der Waals surface area contributed by atoms with E-state index in [1.807, 2.05) is 12.2 Å². The normalized spacial score (nSPS) is 16.3. The molecule has 3 nitrogen and oxygen atoms in total. The fraction of sp³-hybridized carbons (Fsp3) is 0.600. The van der Waals surface area contributed by atoms with Crippen LogP contribution in [0.2, 0.25) is 0 Å². The topological polar surface area (TPSA) is 49.3 Å². The summed E-state index contributed by atoms with van der Waals surface area (Å²) in [6, 6.07) is 0.305. The maximum absolute atomic E-state index is 12.0. The SMILES string of the molecule is CCCC(CCO)NCCC(=O)C1=CC(=S)CC=C1. The van der Waals surface area contributed by atoms with Crippen molar-refractivity contribution in [3.05, 3.63) is 23.8 Å². The van der Waals surface area contributed by atoms with Crippen LogP contribution in [0.25, 0.3) is 0 Å². The molecule has 0 fully saturated rings. The van der Waals surface area contributed by atoms with Crippen LogP contribution >= 0.6 is 12.2 Å². The molecule has 2 N–H and O–H groups in total. The lowest BCUT2D eigenvalue weighted by atomic mass is 10.0. The van der Waals surface area contributed by atoms with Crippen molar-refractivity contribution in [1.82, 2.24) is 5.32 Å². The van der Waals surface area contributed by atoms with E-state index in [9.17, 15) is 4.79 Å². The van der Waals surface area contributed by atoms with E-state index in [1.54, 1.807) is 6.08 Å². The maximum Gasteiger partial charge on any atom is 0.164 e. The van der Waals surface area contributed by atoms with E-state index in [0.717, 1.165) is 30.5 Å². The Kier molecular flexibility index (Phi) is 7.79. The first-order chi connectivity index (χ1) is 9.17. The molecule has 1 atom stereocenters. The first-order valence-corrected chi connectivity index (χ1v) is 7.36. The van der Waals surface area contributed by atoms with Crippen LogP contribution in [0.4, 0.5) is 0 Å². The van der Waals surface area contributed by atoms with E-state index < -0.39 is 0 Å². The molecule has 0 spiro atoms. The van der Waals surface area contributed by atoms with Crippen molar-refractivity contribution in [2.75, 3.05) is 13.2 Å². The molecule has 0 aromatic rings. The zero-order chi connectivity index (χ0) is 14.1. The van der Waals surface area contributed by atoms with Crippen LogP contribution in [0, 0.1) is 0 Å². The van der Waals surface area contributed by atoms with E-state index in [4.69, 9.17) is 17.3 Å². The first-order valence-electron chi connectivity index (χ1n) is 6.96. The highest BCUT2D eigenvalue weighted by molar-refractivity contribution is 7.80. The minimum Gasteiger partial charge on any atom is -0.396 e. The Labute approximate surface area is 120 Å². The van der Waals surface area contributed by atoms with Gasteiger partial charge >= 0.3 is 0 Å². The van der Waals surface area contributed by atoms with Crippen LogP contribution < -0.4 is 5.32 Å². The lowest BCUT2D eigenvalue weighted by molar-refractivity contribution is -0.115. The molecule has 0 radical (unpaired) electrons. The van der Waals surface area contributed by atoms with Gasteiger partial charge in [0.15, 0.2) is 5.78 Å². The molecular formula is C15H23NO2S. The summed E-state index contributed by atoms with van der Waals surface area (Å²) in [4.78, 5) is 12.8. The molecule has 106 valence electrons. The Morgan fingerprint density at radius 1 is 1.53 bits per heavy atom. The standard InChI is InChI=1S/C15H23NO2S/c1-2-4-13(8-10-17)16-9-7-15(18)12-5-3-6-14(19)11-12/h3,5,11,13,16-17H,2,4,6-10H2,1H3. The zero-order valence-electron chi connectivity index (χ0n) is 11.5. The minimum absolute atomic E-state index is 0.130. The number of rotatable bonds is 9. The van der Waals surface area contributed by atoms with Gasteiger partial charge in [-0.15, -0.1) is 0 Å². The van der Waals surface area contributed by atoms with E-state index in [-0.39, 0.29) is 12.4 Å². The molecule has 1 aliphatic carbocycles. The van der Waals surface area contributed by atoms with Gasteiger partial charge in [-0.05, 0) is 18.9 Å². The average Bonchev–Trinajstić information content (AvgIpc) is 2.39. The second kappa shape index (κ2) is 9.13. The largest absolute Gasteiger partial charge is 0.396 e. The van der Waals surface area contributed by atoms with Gasteiger partial charge in [-0.25, -0.2) is 0 Å². The number of ketones is 1. The van der Waals surface area contributed by atoms with Gasteiger partial charge in [0.2, 0.25) is 0 Å². The lowest BCUT2D eigenvalue weighted by Gasteiger charge is -2.16. The molecule has 1 unspecified atom stereocenters. The Morgan fingerprint density at radius 2 is 2.32 bits per heavy atom. The third kappa shape index (κ3) is 6.23. The number of hydrogen-bond acceptors (Lipinski definition) is 4. The second-order valence-electron chi connectivity index (χ2n) is 4.80. The highest BCUT2D eigenvalue weighted by Gasteiger charge is 2.11. The van der Waals surface area contributed by atoms with E-state index in [1.165, 1.54) is 0 Å². The van der Waals surface area contributed by atoms with Crippen molar-refractivity contribution in [2.45, 2.75) is 45.1 Å². The predicted octanol–water partition coefficient (Wildman–Crippen LogP) is 2.34. The van der Waals surface area contributed by atoms with Crippen LogP contribution in [-0.4, -0.2) is 34.9 Å². The van der Waals surface area contributed by atoms with Crippen LogP contribution in [-0.2, 0) is 4.79 Å². The van der Waals surface area contributed by atoms with Gasteiger partial charge in [0.25, 0.3) is 0 Å². The molecule has 0 amide bonds. The van der Waals surface area contributed by atoms with Crippen molar-refractivity contribution in [3.63, 3.8) is 0 Å². The highest BCUT2D eigenvalue weighted by Crippen LogP contribution is 2.11. The van der Waals surface area contributed by atoms with Crippen LogP contribution in [0.15, 0.2) is 23.8 Å². The molecule has 19 heavy (non-hydrogen) atoms. The summed E-state index contributed by atoms with van der Waals surface area (Å²) < 4.78 is 0. The van der Waals surface area contributed by atoms with Gasteiger partial charge in [0.1, 0.15) is 0 Å². The summed E-state index contributed by atoms with van der Waals surface area (Å²) in [6.07, 6.45) is 9.69. The van der Waals surface area contributed by atoms with Crippen molar-refractivity contribution in [3.8, 4) is 0 Å². The molecule has 0 saturated heterocycles. The van der Waals surface area contributed by atoms with Crippen LogP contribution in [0.3, 0.4) is 0 Å². The fourth-order valence-electron chi connectivity index (χ4n) is 2.14. The molecular weight excluding hydrogens is 258 g/mol. The number of nitrogens with one attached hydrogen (secondary N) is 1. The Morgan fingerprint density at radius 3 is 2.95 bits per heavy atom. The Bertz CT molecular complexity index is 368. The van der Waals surface area contributed by atoms with Gasteiger partial charge in [0.05, 0.1) is 0 Å². The molecule has 0 aliphatic heterocycles. The number of carbonyl (C=O) groups excluding carboxylic acids is 1. The summed E-state index contributed by atoms with van der Waals surface area (Å²) in [5.41, 5.74) is 0.715. The molecule has 1 aliphatic rings. The van der Waals surface area contributed by atoms with Gasteiger partial charge in [-0.1, -0.05) is 37.7 Å². The first kappa shape index (κ1) is 16.2. The number of hydrogen-bond donors (Lipinski definition) is 2. The number of aliphatic hydroxyl groups excluding tert-OH is 1. The number of allylic oxidation sites excluding steroid dienone is 4. The van der Waals surface area contributed by atoms with Crippen molar-refractivity contribution < 1.29 is 9.90 Å². The van der Waals surface area contributed by atoms with Crippen molar-refractivity contribution >= 4 is 22.9 Å². The summed E-state index contributed by atoms with van der Waals surface area (Å²) in [7, 11) is 0. The monoisotopic (exact) mass is 281 g/mol. The molecule has 1 rings (SSSR count). The van der Waals surface area contributed by atoms with Gasteiger partial charge in [0, 0.05) is 42.5 Å². The van der Waals surface area contributed by atoms with Gasteiger partial charge in [-0.2, -0.15) is 0 Å². The molecule has 0 saturated carbocycles. The van der Waals surface area contributed by atoms with Crippen LogP contribution in [0.5, 0.6) is 0 Å². The van der Waals surface area contributed by atoms with E-state index in [0.29, 0.717) is 24.6 Å². The summed E-state index contributed by atoms with van der Waals surface area (Å²) >= 11 is 5.10. The second-order valence-corrected chi connectivity index (χ2v) is 5.32. The van der Waals surface area contributed by atoms with Gasteiger partial charge in [-0.3, -0.25) is 4.79 Å². The van der Waals surface area contributed by atoms with Gasteiger partial charge < -0.3 is 10.4 Å². The summed E-state index contributed by atoms with van der Waals surface area (Å²) in [6.45, 7) is 2.96.